The van der Waals surface area contributed by atoms with Gasteiger partial charge in [-0.25, -0.2) is 17.2 Å². The molecule has 4 rings (SSSR count). The van der Waals surface area contributed by atoms with Crippen molar-refractivity contribution >= 4 is 43.5 Å². The number of nitrogens with one attached hydrogen (secondary N) is 1. The van der Waals surface area contributed by atoms with E-state index in [2.05, 4.69) is 4.98 Å². The van der Waals surface area contributed by atoms with Gasteiger partial charge in [0.1, 0.15) is 11.6 Å². The first-order valence-electron chi connectivity index (χ1n) is 7.98. The van der Waals surface area contributed by atoms with Crippen molar-refractivity contribution in [3.05, 3.63) is 68.4 Å². The van der Waals surface area contributed by atoms with E-state index >= 15 is 0 Å². The van der Waals surface area contributed by atoms with Gasteiger partial charge in [-0.05, 0) is 52.8 Å². The molecule has 1 aliphatic rings. The van der Waals surface area contributed by atoms with Crippen molar-refractivity contribution in [1.29, 1.82) is 0 Å². The van der Waals surface area contributed by atoms with Gasteiger partial charge in [0.25, 0.3) is 0 Å². The molecule has 1 N–H and O–H groups in total. The highest BCUT2D eigenvalue weighted by atomic mass is 127. The van der Waals surface area contributed by atoms with Crippen LogP contribution in [-0.2, 0) is 16.4 Å². The zero-order chi connectivity index (χ0) is 18.6. The molecule has 0 radical (unpaired) electrons. The number of sulfonamides is 1. The molecule has 0 fully saturated rings. The Morgan fingerprint density at radius 1 is 1.19 bits per heavy atom. The molecule has 0 saturated heterocycles. The quantitative estimate of drug-likeness (QED) is 0.556. The van der Waals surface area contributed by atoms with E-state index in [1.54, 1.807) is 0 Å². The Balaban J connectivity index is 2.03. The smallest absolute Gasteiger partial charge is 0.212 e. The number of aromatic amines is 1. The third kappa shape index (κ3) is 2.84. The van der Waals surface area contributed by atoms with Crippen LogP contribution in [0.15, 0.2) is 36.4 Å². The summed E-state index contributed by atoms with van der Waals surface area (Å²) in [7, 11) is -3.67. The summed E-state index contributed by atoms with van der Waals surface area (Å²) in [6, 6.07) is 8.93. The van der Waals surface area contributed by atoms with Crippen molar-refractivity contribution in [2.24, 2.45) is 0 Å². The molecule has 0 aliphatic carbocycles. The number of H-pyrrole nitrogens is 1. The minimum Gasteiger partial charge on any atom is -0.357 e. The fourth-order valence-electron chi connectivity index (χ4n) is 3.68. The van der Waals surface area contributed by atoms with Gasteiger partial charge in [0, 0.05) is 32.3 Å². The highest BCUT2D eigenvalue weighted by Crippen LogP contribution is 2.41. The standard InChI is InChI=1S/C18H15F2IN2O2S/c1-26(24,25)23-7-6-12-11-4-2-3-5-15(11)22-17(12)18(23)16-13(19)8-10(21)9-14(16)20/h2-5,8-9,18,22H,6-7H2,1H3/t18-/m1/s1. The fourth-order valence-corrected chi connectivity index (χ4v) is 5.24. The van der Waals surface area contributed by atoms with E-state index in [0.29, 0.717) is 15.7 Å². The molecule has 0 spiro atoms. The maximum Gasteiger partial charge on any atom is 0.212 e. The third-order valence-corrected chi connectivity index (χ3v) is 6.60. The second-order valence-electron chi connectivity index (χ2n) is 6.37. The molecule has 2 aromatic carbocycles. The monoisotopic (exact) mass is 488 g/mol. The number of rotatable bonds is 2. The summed E-state index contributed by atoms with van der Waals surface area (Å²) >= 11 is 1.83. The number of hydrogen-bond donors (Lipinski definition) is 1. The van der Waals surface area contributed by atoms with E-state index in [1.807, 2.05) is 46.9 Å². The molecule has 0 saturated carbocycles. The zero-order valence-electron chi connectivity index (χ0n) is 13.8. The van der Waals surface area contributed by atoms with E-state index in [0.717, 1.165) is 22.7 Å². The molecule has 4 nitrogen and oxygen atoms in total. The SMILES string of the molecule is CS(=O)(=O)N1CCc2c([nH]c3ccccc23)[C@H]1c1c(F)cc(I)cc1F. The topological polar surface area (TPSA) is 53.2 Å². The fraction of sp³-hybridized carbons (Fsp3) is 0.222. The van der Waals surface area contributed by atoms with Crippen molar-refractivity contribution in [2.45, 2.75) is 12.5 Å². The van der Waals surface area contributed by atoms with E-state index in [9.17, 15) is 17.2 Å². The molecule has 0 bridgehead atoms. The van der Waals surface area contributed by atoms with Crippen LogP contribution < -0.4 is 0 Å². The summed E-state index contributed by atoms with van der Waals surface area (Å²) in [5.74, 6) is -1.50. The zero-order valence-corrected chi connectivity index (χ0v) is 16.7. The molecule has 136 valence electrons. The molecule has 8 heteroatoms. The molecule has 0 amide bonds. The van der Waals surface area contributed by atoms with Crippen molar-refractivity contribution in [2.75, 3.05) is 12.8 Å². The third-order valence-electron chi connectivity index (χ3n) is 4.73. The molecule has 2 heterocycles. The predicted octanol–water partition coefficient (Wildman–Crippen LogP) is 3.96. The average Bonchev–Trinajstić information content (AvgIpc) is 2.92. The van der Waals surface area contributed by atoms with Crippen LogP contribution in [0.3, 0.4) is 0 Å². The summed E-state index contributed by atoms with van der Waals surface area (Å²) in [6.45, 7) is 0.170. The first kappa shape index (κ1) is 17.9. The summed E-state index contributed by atoms with van der Waals surface area (Å²) in [5, 5.41) is 0.951. The van der Waals surface area contributed by atoms with Gasteiger partial charge in [0.05, 0.1) is 12.3 Å². The Morgan fingerprint density at radius 3 is 2.50 bits per heavy atom. The lowest BCUT2D eigenvalue weighted by atomic mass is 9.93. The van der Waals surface area contributed by atoms with Crippen LogP contribution in [0.4, 0.5) is 8.78 Å². The number of fused-ring (bicyclic) bond motifs is 3. The van der Waals surface area contributed by atoms with Crippen molar-refractivity contribution in [3.8, 4) is 0 Å². The van der Waals surface area contributed by atoms with E-state index < -0.39 is 27.7 Å². The van der Waals surface area contributed by atoms with Gasteiger partial charge in [-0.1, -0.05) is 18.2 Å². The Hall–Kier alpha value is -1.52. The lowest BCUT2D eigenvalue weighted by molar-refractivity contribution is 0.327. The molecule has 1 aromatic heterocycles. The number of nitrogens with zero attached hydrogens (tertiary/aromatic N) is 1. The van der Waals surface area contributed by atoms with E-state index in [4.69, 9.17) is 0 Å². The highest BCUT2D eigenvalue weighted by molar-refractivity contribution is 14.1. The van der Waals surface area contributed by atoms with Gasteiger partial charge in [-0.3, -0.25) is 0 Å². The summed E-state index contributed by atoms with van der Waals surface area (Å²) < 4.78 is 55.7. The van der Waals surface area contributed by atoms with Crippen LogP contribution in [0.25, 0.3) is 10.9 Å². The van der Waals surface area contributed by atoms with Crippen LogP contribution >= 0.6 is 22.6 Å². The maximum absolute atomic E-state index is 14.7. The Kier molecular flexibility index (Phi) is 4.31. The largest absolute Gasteiger partial charge is 0.357 e. The number of hydrogen-bond acceptors (Lipinski definition) is 2. The Morgan fingerprint density at radius 2 is 1.85 bits per heavy atom. The molecular weight excluding hydrogens is 473 g/mol. The lowest BCUT2D eigenvalue weighted by Gasteiger charge is -2.34. The van der Waals surface area contributed by atoms with Crippen LogP contribution in [-0.4, -0.2) is 30.5 Å². The van der Waals surface area contributed by atoms with Gasteiger partial charge in [-0.2, -0.15) is 4.31 Å². The second-order valence-corrected chi connectivity index (χ2v) is 9.55. The number of benzene rings is 2. The highest BCUT2D eigenvalue weighted by Gasteiger charge is 2.39. The number of halogens is 3. The van der Waals surface area contributed by atoms with Crippen molar-refractivity contribution in [3.63, 3.8) is 0 Å². The predicted molar refractivity (Wildman–Crippen MR) is 104 cm³/mol. The van der Waals surface area contributed by atoms with Gasteiger partial charge in [0.2, 0.25) is 10.0 Å². The minimum absolute atomic E-state index is 0.170. The van der Waals surface area contributed by atoms with Crippen LogP contribution in [0.5, 0.6) is 0 Å². The van der Waals surface area contributed by atoms with Crippen molar-refractivity contribution in [1.82, 2.24) is 9.29 Å². The van der Waals surface area contributed by atoms with Crippen LogP contribution in [0.2, 0.25) is 0 Å². The molecule has 1 atom stereocenters. The Labute approximate surface area is 163 Å². The number of aromatic nitrogens is 1. The summed E-state index contributed by atoms with van der Waals surface area (Å²) in [6.07, 6.45) is 1.55. The lowest BCUT2D eigenvalue weighted by Crippen LogP contribution is -2.40. The first-order valence-corrected chi connectivity index (χ1v) is 10.9. The van der Waals surface area contributed by atoms with E-state index in [1.165, 1.54) is 16.4 Å². The average molecular weight is 488 g/mol. The van der Waals surface area contributed by atoms with E-state index in [-0.39, 0.29) is 12.1 Å². The van der Waals surface area contributed by atoms with Crippen LogP contribution in [0.1, 0.15) is 22.9 Å². The molecular formula is C18H15F2IN2O2S. The Bertz CT molecular complexity index is 1100. The van der Waals surface area contributed by atoms with Gasteiger partial charge >= 0.3 is 0 Å². The summed E-state index contributed by atoms with van der Waals surface area (Å²) in [5.41, 5.74) is 2.01. The van der Waals surface area contributed by atoms with Gasteiger partial charge in [-0.15, -0.1) is 0 Å². The first-order chi connectivity index (χ1) is 12.3. The normalized spacial score (nSPS) is 18.2. The maximum atomic E-state index is 14.7. The molecule has 0 unspecified atom stereocenters. The second kappa shape index (κ2) is 6.28. The minimum atomic E-state index is -3.67. The number of para-hydroxylation sites is 1. The van der Waals surface area contributed by atoms with Gasteiger partial charge in [0.15, 0.2) is 0 Å². The molecule has 3 aromatic rings. The summed E-state index contributed by atoms with van der Waals surface area (Å²) in [4.78, 5) is 3.19. The van der Waals surface area contributed by atoms with Crippen LogP contribution in [0, 0.1) is 15.2 Å². The van der Waals surface area contributed by atoms with Crippen molar-refractivity contribution < 1.29 is 17.2 Å². The molecule has 1 aliphatic heterocycles. The molecule has 26 heavy (non-hydrogen) atoms. The van der Waals surface area contributed by atoms with Gasteiger partial charge < -0.3 is 4.98 Å².